The van der Waals surface area contributed by atoms with Gasteiger partial charge in [-0.25, -0.2) is 0 Å². The van der Waals surface area contributed by atoms with E-state index in [1.165, 1.54) is 0 Å². The predicted octanol–water partition coefficient (Wildman–Crippen LogP) is 1.02. The van der Waals surface area contributed by atoms with E-state index in [1.807, 2.05) is 26.0 Å². The SMILES string of the molecule is CC1(C)COB(c2ccc(C=O)cc2)O1. The molecule has 0 atom stereocenters. The van der Waals surface area contributed by atoms with Crippen molar-refractivity contribution in [2.75, 3.05) is 6.61 Å². The Labute approximate surface area is 89.5 Å². The molecule has 0 spiro atoms. The molecule has 78 valence electrons. The van der Waals surface area contributed by atoms with Crippen molar-refractivity contribution in [3.8, 4) is 0 Å². The summed E-state index contributed by atoms with van der Waals surface area (Å²) in [5.41, 5.74) is 1.38. The van der Waals surface area contributed by atoms with Crippen molar-refractivity contribution in [1.82, 2.24) is 0 Å². The molecular weight excluding hydrogens is 191 g/mol. The Morgan fingerprint density at radius 1 is 1.33 bits per heavy atom. The molecule has 3 nitrogen and oxygen atoms in total. The first-order valence-electron chi connectivity index (χ1n) is 4.95. The Morgan fingerprint density at radius 2 is 2.00 bits per heavy atom. The van der Waals surface area contributed by atoms with E-state index in [-0.39, 0.29) is 12.7 Å². The molecule has 0 saturated carbocycles. The standard InChI is InChI=1S/C11H13BO3/c1-11(2)8-14-12(15-11)10-5-3-9(7-13)4-6-10/h3-7H,8H2,1-2H3. The van der Waals surface area contributed by atoms with Crippen LogP contribution in [0, 0.1) is 0 Å². The highest BCUT2D eigenvalue weighted by molar-refractivity contribution is 6.61. The maximum Gasteiger partial charge on any atom is 0.494 e. The van der Waals surface area contributed by atoms with Crippen molar-refractivity contribution >= 4 is 18.9 Å². The summed E-state index contributed by atoms with van der Waals surface area (Å²) in [6, 6.07) is 7.24. The average Bonchev–Trinajstić information content (AvgIpc) is 2.59. The highest BCUT2D eigenvalue weighted by atomic mass is 16.7. The Hall–Kier alpha value is -1.13. The minimum absolute atomic E-state index is 0.228. The van der Waals surface area contributed by atoms with Gasteiger partial charge in [-0.1, -0.05) is 24.3 Å². The summed E-state index contributed by atoms with van der Waals surface area (Å²) >= 11 is 0. The molecule has 0 aliphatic carbocycles. The topological polar surface area (TPSA) is 35.5 Å². The van der Waals surface area contributed by atoms with Gasteiger partial charge >= 0.3 is 7.12 Å². The van der Waals surface area contributed by atoms with Crippen LogP contribution in [-0.4, -0.2) is 25.6 Å². The summed E-state index contributed by atoms with van der Waals surface area (Å²) in [7, 11) is -0.305. The molecular formula is C11H13BO3. The number of rotatable bonds is 2. The number of hydrogen-bond acceptors (Lipinski definition) is 3. The van der Waals surface area contributed by atoms with Gasteiger partial charge in [0.25, 0.3) is 0 Å². The van der Waals surface area contributed by atoms with Gasteiger partial charge in [-0.3, -0.25) is 4.79 Å². The lowest BCUT2D eigenvalue weighted by atomic mass is 9.79. The minimum atomic E-state index is -0.305. The Kier molecular flexibility index (Phi) is 2.63. The minimum Gasteiger partial charge on any atom is -0.404 e. The molecule has 1 aromatic rings. The second-order valence-corrected chi connectivity index (χ2v) is 4.30. The lowest BCUT2D eigenvalue weighted by Gasteiger charge is -2.15. The van der Waals surface area contributed by atoms with Gasteiger partial charge < -0.3 is 9.31 Å². The van der Waals surface area contributed by atoms with E-state index in [9.17, 15) is 4.79 Å². The Morgan fingerprint density at radius 3 is 2.47 bits per heavy atom. The number of aldehydes is 1. The first-order chi connectivity index (χ1) is 7.11. The monoisotopic (exact) mass is 204 g/mol. The fourth-order valence-electron chi connectivity index (χ4n) is 1.53. The van der Waals surface area contributed by atoms with E-state index >= 15 is 0 Å². The third-order valence-electron chi connectivity index (χ3n) is 2.35. The zero-order valence-corrected chi connectivity index (χ0v) is 8.90. The molecule has 2 rings (SSSR count). The van der Waals surface area contributed by atoms with Crippen LogP contribution in [0.5, 0.6) is 0 Å². The second kappa shape index (κ2) is 3.79. The van der Waals surface area contributed by atoms with E-state index in [4.69, 9.17) is 9.31 Å². The zero-order chi connectivity index (χ0) is 10.9. The number of carbonyl (C=O) groups excluding carboxylic acids is 1. The smallest absolute Gasteiger partial charge is 0.404 e. The normalized spacial score (nSPS) is 19.2. The highest BCUT2D eigenvalue weighted by Crippen LogP contribution is 2.19. The van der Waals surface area contributed by atoms with Crippen LogP contribution in [-0.2, 0) is 9.31 Å². The van der Waals surface area contributed by atoms with Crippen molar-refractivity contribution in [3.63, 3.8) is 0 Å². The van der Waals surface area contributed by atoms with E-state index < -0.39 is 0 Å². The van der Waals surface area contributed by atoms with E-state index in [1.54, 1.807) is 12.1 Å². The van der Waals surface area contributed by atoms with Crippen LogP contribution in [0.3, 0.4) is 0 Å². The first-order valence-corrected chi connectivity index (χ1v) is 4.95. The molecule has 1 saturated heterocycles. The van der Waals surface area contributed by atoms with Crippen molar-refractivity contribution in [1.29, 1.82) is 0 Å². The summed E-state index contributed by atoms with van der Waals surface area (Å²) in [6.07, 6.45) is 0.823. The van der Waals surface area contributed by atoms with Crippen LogP contribution < -0.4 is 5.46 Å². The van der Waals surface area contributed by atoms with Gasteiger partial charge in [0.15, 0.2) is 0 Å². The molecule has 0 N–H and O–H groups in total. The van der Waals surface area contributed by atoms with Crippen molar-refractivity contribution in [2.24, 2.45) is 0 Å². The van der Waals surface area contributed by atoms with E-state index in [0.29, 0.717) is 12.2 Å². The van der Waals surface area contributed by atoms with E-state index in [2.05, 4.69) is 0 Å². The van der Waals surface area contributed by atoms with Gasteiger partial charge in [0.05, 0.1) is 12.2 Å². The largest absolute Gasteiger partial charge is 0.494 e. The van der Waals surface area contributed by atoms with Gasteiger partial charge in [0, 0.05) is 5.56 Å². The van der Waals surface area contributed by atoms with Gasteiger partial charge in [-0.2, -0.15) is 0 Å². The molecule has 1 aliphatic heterocycles. The van der Waals surface area contributed by atoms with Crippen molar-refractivity contribution < 1.29 is 14.1 Å². The van der Waals surface area contributed by atoms with Crippen LogP contribution in [0.2, 0.25) is 0 Å². The number of benzene rings is 1. The zero-order valence-electron chi connectivity index (χ0n) is 8.90. The van der Waals surface area contributed by atoms with Gasteiger partial charge in [-0.15, -0.1) is 0 Å². The number of carbonyl (C=O) groups is 1. The van der Waals surface area contributed by atoms with Crippen molar-refractivity contribution in [3.05, 3.63) is 29.8 Å². The van der Waals surface area contributed by atoms with Crippen LogP contribution in [0.25, 0.3) is 0 Å². The summed E-state index contributed by atoms with van der Waals surface area (Å²) in [4.78, 5) is 10.5. The van der Waals surface area contributed by atoms with Crippen molar-refractivity contribution in [2.45, 2.75) is 19.4 Å². The maximum atomic E-state index is 10.5. The first kappa shape index (κ1) is 10.4. The molecule has 0 aromatic heterocycles. The second-order valence-electron chi connectivity index (χ2n) is 4.30. The van der Waals surface area contributed by atoms with Crippen LogP contribution in [0.4, 0.5) is 0 Å². The fourth-order valence-corrected chi connectivity index (χ4v) is 1.53. The van der Waals surface area contributed by atoms with Crippen LogP contribution in [0.1, 0.15) is 24.2 Å². The Bertz CT molecular complexity index is 359. The van der Waals surface area contributed by atoms with E-state index in [0.717, 1.165) is 11.7 Å². The quantitative estimate of drug-likeness (QED) is 0.532. The van der Waals surface area contributed by atoms with Crippen LogP contribution >= 0.6 is 0 Å². The summed E-state index contributed by atoms with van der Waals surface area (Å²) < 4.78 is 11.2. The molecule has 15 heavy (non-hydrogen) atoms. The fraction of sp³-hybridized carbons (Fsp3) is 0.364. The third kappa shape index (κ3) is 2.27. The Balaban J connectivity index is 2.14. The molecule has 0 amide bonds. The molecule has 4 heteroatoms. The summed E-state index contributed by atoms with van der Waals surface area (Å²) in [6.45, 7) is 4.58. The predicted molar refractivity (Wildman–Crippen MR) is 58.3 cm³/mol. The molecule has 1 aromatic carbocycles. The van der Waals surface area contributed by atoms with Gasteiger partial charge in [0.1, 0.15) is 6.29 Å². The van der Waals surface area contributed by atoms with Gasteiger partial charge in [0.2, 0.25) is 0 Å². The molecule has 0 bridgehead atoms. The molecule has 0 unspecified atom stereocenters. The maximum absolute atomic E-state index is 10.5. The summed E-state index contributed by atoms with van der Waals surface area (Å²) in [5, 5.41) is 0. The third-order valence-corrected chi connectivity index (χ3v) is 2.35. The lowest BCUT2D eigenvalue weighted by Crippen LogP contribution is -2.34. The summed E-state index contributed by atoms with van der Waals surface area (Å²) in [5.74, 6) is 0. The highest BCUT2D eigenvalue weighted by Gasteiger charge is 2.37. The lowest BCUT2D eigenvalue weighted by molar-refractivity contribution is 0.112. The molecule has 1 heterocycles. The van der Waals surface area contributed by atoms with Gasteiger partial charge in [-0.05, 0) is 19.3 Å². The molecule has 1 aliphatic rings. The number of hydrogen-bond donors (Lipinski definition) is 0. The molecule has 0 radical (unpaired) electrons. The van der Waals surface area contributed by atoms with Crippen LogP contribution in [0.15, 0.2) is 24.3 Å². The average molecular weight is 204 g/mol. The molecule has 1 fully saturated rings.